The Kier molecular flexibility index (Phi) is 2.55. The number of thiophene rings is 1. The molecule has 1 aliphatic rings. The lowest BCUT2D eigenvalue weighted by Gasteiger charge is -2.12. The van der Waals surface area contributed by atoms with Crippen LogP contribution in [0.5, 0.6) is 0 Å². The zero-order valence-corrected chi connectivity index (χ0v) is 9.44. The van der Waals surface area contributed by atoms with E-state index < -0.39 is 0 Å². The van der Waals surface area contributed by atoms with Gasteiger partial charge in [0.2, 0.25) is 0 Å². The summed E-state index contributed by atoms with van der Waals surface area (Å²) in [5.74, 6) is 0.580. The third-order valence-electron chi connectivity index (χ3n) is 1.65. The van der Waals surface area contributed by atoms with Crippen LogP contribution in [0.2, 0.25) is 0 Å². The number of halogens is 1. The van der Waals surface area contributed by atoms with Crippen molar-refractivity contribution in [3.05, 3.63) is 20.3 Å². The zero-order valence-electron chi connectivity index (χ0n) is 7.04. The molecule has 0 aromatic carbocycles. The zero-order chi connectivity index (χ0) is 9.26. The predicted molar refractivity (Wildman–Crippen MR) is 55.2 cm³/mol. The first-order chi connectivity index (χ1) is 6.29. The molecule has 0 radical (unpaired) electrons. The molecule has 0 aliphatic carbocycles. The Balaban J connectivity index is 2.34. The minimum Gasteiger partial charge on any atom is -0.471 e. The van der Waals surface area contributed by atoms with Crippen LogP contribution in [0.15, 0.2) is 15.0 Å². The molecule has 70 valence electrons. The van der Waals surface area contributed by atoms with E-state index in [4.69, 9.17) is 9.57 Å². The Morgan fingerprint density at radius 1 is 1.54 bits per heavy atom. The third kappa shape index (κ3) is 1.71. The number of nitrogens with zero attached hydrogens (tertiary/aromatic N) is 1. The van der Waals surface area contributed by atoms with Crippen molar-refractivity contribution < 1.29 is 9.57 Å². The van der Waals surface area contributed by atoms with Gasteiger partial charge < -0.3 is 9.57 Å². The summed E-state index contributed by atoms with van der Waals surface area (Å²) in [5.41, 5.74) is 1.19. The molecule has 0 saturated heterocycles. The standard InChI is InChI=1S/C8H8BrNO2S/c1-5-4-13-7(6(5)9)8-10-12-3-2-11-8/h4H,2-3H2,1H3. The van der Waals surface area contributed by atoms with Crippen LogP contribution in [0.1, 0.15) is 10.4 Å². The first-order valence-corrected chi connectivity index (χ1v) is 5.53. The fourth-order valence-electron chi connectivity index (χ4n) is 0.987. The second-order valence-electron chi connectivity index (χ2n) is 2.64. The topological polar surface area (TPSA) is 30.8 Å². The molecule has 0 N–H and O–H groups in total. The van der Waals surface area contributed by atoms with Crippen LogP contribution in [0.25, 0.3) is 0 Å². The lowest BCUT2D eigenvalue weighted by Crippen LogP contribution is -2.16. The van der Waals surface area contributed by atoms with Gasteiger partial charge in [-0.15, -0.1) is 11.3 Å². The van der Waals surface area contributed by atoms with E-state index in [0.717, 1.165) is 9.35 Å². The first kappa shape index (κ1) is 9.02. The lowest BCUT2D eigenvalue weighted by atomic mass is 10.3. The SMILES string of the molecule is Cc1csc(C2=NOCCO2)c1Br. The third-order valence-corrected chi connectivity index (χ3v) is 4.02. The molecule has 0 spiro atoms. The summed E-state index contributed by atoms with van der Waals surface area (Å²) in [4.78, 5) is 5.95. The highest BCUT2D eigenvalue weighted by Crippen LogP contribution is 2.29. The highest BCUT2D eigenvalue weighted by Gasteiger charge is 2.16. The number of hydrogen-bond acceptors (Lipinski definition) is 4. The van der Waals surface area contributed by atoms with Crippen molar-refractivity contribution in [3.8, 4) is 0 Å². The number of rotatable bonds is 1. The number of oxime groups is 1. The molecule has 0 amide bonds. The molecule has 13 heavy (non-hydrogen) atoms. The lowest BCUT2D eigenvalue weighted by molar-refractivity contribution is 0.0657. The van der Waals surface area contributed by atoms with Crippen molar-refractivity contribution in [3.63, 3.8) is 0 Å². The van der Waals surface area contributed by atoms with Gasteiger partial charge in [0.1, 0.15) is 11.5 Å². The molecule has 2 heterocycles. The van der Waals surface area contributed by atoms with Gasteiger partial charge >= 0.3 is 0 Å². The fraction of sp³-hybridized carbons (Fsp3) is 0.375. The molecule has 3 nitrogen and oxygen atoms in total. The maximum atomic E-state index is 5.36. The van der Waals surface area contributed by atoms with Crippen LogP contribution in [-0.4, -0.2) is 19.1 Å². The molecule has 5 heteroatoms. The Labute approximate surface area is 88.5 Å². The highest BCUT2D eigenvalue weighted by atomic mass is 79.9. The summed E-state index contributed by atoms with van der Waals surface area (Å²) in [7, 11) is 0. The van der Waals surface area contributed by atoms with Gasteiger partial charge in [0.15, 0.2) is 6.61 Å². The van der Waals surface area contributed by atoms with Crippen molar-refractivity contribution in [2.24, 2.45) is 5.16 Å². The quantitative estimate of drug-likeness (QED) is 0.778. The van der Waals surface area contributed by atoms with E-state index in [0.29, 0.717) is 19.1 Å². The van der Waals surface area contributed by atoms with Crippen LogP contribution in [0, 0.1) is 6.92 Å². The van der Waals surface area contributed by atoms with E-state index in [1.165, 1.54) is 5.56 Å². The maximum absolute atomic E-state index is 5.36. The minimum atomic E-state index is 0.533. The Morgan fingerprint density at radius 2 is 2.38 bits per heavy atom. The average Bonchev–Trinajstić information content (AvgIpc) is 2.49. The Hall–Kier alpha value is -0.550. The second-order valence-corrected chi connectivity index (χ2v) is 4.31. The molecule has 0 saturated carbocycles. The van der Waals surface area contributed by atoms with Crippen molar-refractivity contribution in [2.75, 3.05) is 13.2 Å². The molecule has 0 fully saturated rings. The first-order valence-electron chi connectivity index (χ1n) is 3.86. The summed E-state index contributed by atoms with van der Waals surface area (Å²) in [6.45, 7) is 3.14. The monoisotopic (exact) mass is 261 g/mol. The molecule has 0 atom stereocenters. The summed E-state index contributed by atoms with van der Waals surface area (Å²) in [6, 6.07) is 0. The molecule has 0 unspecified atom stereocenters. The van der Waals surface area contributed by atoms with Crippen molar-refractivity contribution in [1.82, 2.24) is 0 Å². The molecule has 2 rings (SSSR count). The van der Waals surface area contributed by atoms with Gasteiger partial charge in [-0.05, 0) is 39.0 Å². The van der Waals surface area contributed by atoms with Gasteiger partial charge in [-0.3, -0.25) is 0 Å². The van der Waals surface area contributed by atoms with Gasteiger partial charge in [0.25, 0.3) is 5.90 Å². The van der Waals surface area contributed by atoms with Crippen LogP contribution < -0.4 is 0 Å². The predicted octanol–water partition coefficient (Wildman–Crippen LogP) is 2.53. The normalized spacial score (nSPS) is 16.0. The summed E-state index contributed by atoms with van der Waals surface area (Å²) < 4.78 is 6.41. The van der Waals surface area contributed by atoms with Crippen LogP contribution >= 0.6 is 27.3 Å². The van der Waals surface area contributed by atoms with Crippen LogP contribution in [0.4, 0.5) is 0 Å². The van der Waals surface area contributed by atoms with Gasteiger partial charge in [-0.1, -0.05) is 0 Å². The average molecular weight is 262 g/mol. The van der Waals surface area contributed by atoms with Gasteiger partial charge in [-0.2, -0.15) is 0 Å². The molecule has 0 bridgehead atoms. The molecular weight excluding hydrogens is 254 g/mol. The van der Waals surface area contributed by atoms with Gasteiger partial charge in [-0.25, -0.2) is 0 Å². The van der Waals surface area contributed by atoms with E-state index in [1.54, 1.807) is 11.3 Å². The maximum Gasteiger partial charge on any atom is 0.269 e. The number of aryl methyl sites for hydroxylation is 1. The van der Waals surface area contributed by atoms with E-state index in [-0.39, 0.29) is 0 Å². The smallest absolute Gasteiger partial charge is 0.269 e. The van der Waals surface area contributed by atoms with Crippen molar-refractivity contribution >= 4 is 33.2 Å². The van der Waals surface area contributed by atoms with E-state index in [1.807, 2.05) is 6.92 Å². The summed E-state index contributed by atoms with van der Waals surface area (Å²) in [6.07, 6.45) is 0. The molecule has 1 aliphatic heterocycles. The fourth-order valence-corrected chi connectivity index (χ4v) is 2.58. The number of hydrogen-bond donors (Lipinski definition) is 0. The van der Waals surface area contributed by atoms with Crippen molar-refractivity contribution in [2.45, 2.75) is 6.92 Å². The summed E-state index contributed by atoms with van der Waals surface area (Å²) >= 11 is 5.08. The summed E-state index contributed by atoms with van der Waals surface area (Å²) in [5, 5.41) is 5.90. The van der Waals surface area contributed by atoms with Gasteiger partial charge in [0.05, 0.1) is 0 Å². The largest absolute Gasteiger partial charge is 0.471 e. The number of ether oxygens (including phenoxy) is 1. The molecule has 1 aromatic rings. The van der Waals surface area contributed by atoms with E-state index in [2.05, 4.69) is 26.5 Å². The minimum absolute atomic E-state index is 0.533. The van der Waals surface area contributed by atoms with Crippen LogP contribution in [0.3, 0.4) is 0 Å². The molecular formula is C8H8BrNO2S. The molecule has 1 aromatic heterocycles. The Bertz CT molecular complexity index is 348. The van der Waals surface area contributed by atoms with Crippen LogP contribution in [-0.2, 0) is 9.57 Å². The Morgan fingerprint density at radius 3 is 2.92 bits per heavy atom. The highest BCUT2D eigenvalue weighted by molar-refractivity contribution is 9.10. The van der Waals surface area contributed by atoms with E-state index >= 15 is 0 Å². The second kappa shape index (κ2) is 3.67. The van der Waals surface area contributed by atoms with Gasteiger partial charge in [0, 0.05) is 4.47 Å². The van der Waals surface area contributed by atoms with E-state index in [9.17, 15) is 0 Å². The van der Waals surface area contributed by atoms with Crippen molar-refractivity contribution in [1.29, 1.82) is 0 Å².